The van der Waals surface area contributed by atoms with Crippen LogP contribution in [0.2, 0.25) is 0 Å². The molecule has 1 fully saturated rings. The number of hydrogen-bond donors (Lipinski definition) is 1. The van der Waals surface area contributed by atoms with Gasteiger partial charge in [0.15, 0.2) is 0 Å². The van der Waals surface area contributed by atoms with E-state index in [-0.39, 0.29) is 0 Å². The summed E-state index contributed by atoms with van der Waals surface area (Å²) in [4.78, 5) is 0. The molecular weight excluding hydrogens is 263 g/mol. The van der Waals surface area contributed by atoms with E-state index in [1.54, 1.807) is 13.0 Å². The lowest BCUT2D eigenvalue weighted by Crippen LogP contribution is -2.31. The number of nitrogens with one attached hydrogen (secondary N) is 1. The Labute approximate surface area is 118 Å². The molecule has 20 heavy (non-hydrogen) atoms. The van der Waals surface area contributed by atoms with Crippen LogP contribution in [0, 0.1) is 12.8 Å². The van der Waals surface area contributed by atoms with E-state index in [4.69, 9.17) is 0 Å². The van der Waals surface area contributed by atoms with E-state index in [9.17, 15) is 13.2 Å². The molecule has 1 aromatic rings. The van der Waals surface area contributed by atoms with Crippen LogP contribution in [0.1, 0.15) is 42.9 Å². The Morgan fingerprint density at radius 2 is 2.00 bits per heavy atom. The number of halogens is 3. The summed E-state index contributed by atoms with van der Waals surface area (Å²) in [5.41, 5.74) is 1.22. The van der Waals surface area contributed by atoms with Gasteiger partial charge in [0.2, 0.25) is 0 Å². The second-order valence-corrected chi connectivity index (χ2v) is 5.68. The summed E-state index contributed by atoms with van der Waals surface area (Å²) in [6, 6.07) is 4.60. The summed E-state index contributed by atoms with van der Waals surface area (Å²) in [5.74, 6) is 0.768. The number of aryl methyl sites for hydroxylation is 2. The third-order valence-electron chi connectivity index (χ3n) is 4.05. The van der Waals surface area contributed by atoms with E-state index in [2.05, 4.69) is 12.2 Å². The maximum absolute atomic E-state index is 12.6. The lowest BCUT2D eigenvalue weighted by Gasteiger charge is -2.18. The van der Waals surface area contributed by atoms with Crippen molar-refractivity contribution >= 4 is 0 Å². The van der Waals surface area contributed by atoms with Crippen LogP contribution in [0.4, 0.5) is 13.2 Å². The van der Waals surface area contributed by atoms with Crippen molar-refractivity contribution < 1.29 is 13.2 Å². The molecule has 2 rings (SSSR count). The fraction of sp³-hybridized carbons (Fsp3) is 0.625. The number of hydrogen-bond acceptors (Lipinski definition) is 1. The van der Waals surface area contributed by atoms with Crippen LogP contribution >= 0.6 is 0 Å². The zero-order valence-corrected chi connectivity index (χ0v) is 12.1. The van der Waals surface area contributed by atoms with Gasteiger partial charge in [0, 0.05) is 6.04 Å². The van der Waals surface area contributed by atoms with Gasteiger partial charge in [0.1, 0.15) is 0 Å². The zero-order chi connectivity index (χ0) is 14.8. The SMILES string of the molecule is CCNC(CCc1ccc(C(F)(F)F)cc1C)C1CC1. The van der Waals surface area contributed by atoms with Crippen LogP contribution in [0.15, 0.2) is 18.2 Å². The summed E-state index contributed by atoms with van der Waals surface area (Å²) in [7, 11) is 0. The smallest absolute Gasteiger partial charge is 0.314 e. The number of benzene rings is 1. The molecule has 0 bridgehead atoms. The van der Waals surface area contributed by atoms with Gasteiger partial charge in [-0.05, 0) is 68.3 Å². The minimum absolute atomic E-state index is 0.515. The quantitative estimate of drug-likeness (QED) is 0.820. The molecule has 0 aliphatic heterocycles. The molecule has 0 aromatic heterocycles. The van der Waals surface area contributed by atoms with E-state index >= 15 is 0 Å². The van der Waals surface area contributed by atoms with Crippen molar-refractivity contribution in [1.82, 2.24) is 5.32 Å². The monoisotopic (exact) mass is 285 g/mol. The minimum Gasteiger partial charge on any atom is -0.314 e. The molecule has 1 aliphatic rings. The van der Waals surface area contributed by atoms with Gasteiger partial charge in [-0.2, -0.15) is 13.2 Å². The molecule has 1 nitrogen and oxygen atoms in total. The molecule has 0 heterocycles. The summed E-state index contributed by atoms with van der Waals surface area (Å²) in [6.45, 7) is 4.82. The van der Waals surface area contributed by atoms with Crippen LogP contribution in [0.25, 0.3) is 0 Å². The van der Waals surface area contributed by atoms with Gasteiger partial charge in [-0.15, -0.1) is 0 Å². The van der Waals surface area contributed by atoms with Crippen molar-refractivity contribution in [3.63, 3.8) is 0 Å². The van der Waals surface area contributed by atoms with E-state index in [0.717, 1.165) is 36.4 Å². The fourth-order valence-electron chi connectivity index (χ4n) is 2.73. The first-order chi connectivity index (χ1) is 9.41. The molecule has 0 radical (unpaired) electrons. The first-order valence-electron chi connectivity index (χ1n) is 7.32. The Kier molecular flexibility index (Phi) is 4.74. The Balaban J connectivity index is 1.99. The van der Waals surface area contributed by atoms with Crippen LogP contribution in [-0.2, 0) is 12.6 Å². The Bertz CT molecular complexity index is 450. The second-order valence-electron chi connectivity index (χ2n) is 5.68. The van der Waals surface area contributed by atoms with Crippen molar-refractivity contribution in [2.45, 2.75) is 51.7 Å². The maximum Gasteiger partial charge on any atom is 0.416 e. The first-order valence-corrected chi connectivity index (χ1v) is 7.32. The van der Waals surface area contributed by atoms with Gasteiger partial charge in [0.05, 0.1) is 5.56 Å². The van der Waals surface area contributed by atoms with Crippen molar-refractivity contribution in [3.8, 4) is 0 Å². The van der Waals surface area contributed by atoms with Crippen molar-refractivity contribution in [1.29, 1.82) is 0 Å². The van der Waals surface area contributed by atoms with Crippen molar-refractivity contribution in [3.05, 3.63) is 34.9 Å². The predicted molar refractivity (Wildman–Crippen MR) is 74.7 cm³/mol. The summed E-state index contributed by atoms with van der Waals surface area (Å²) in [5, 5.41) is 3.49. The molecule has 4 heteroatoms. The molecule has 1 saturated carbocycles. The maximum atomic E-state index is 12.6. The van der Waals surface area contributed by atoms with E-state index in [1.165, 1.54) is 25.0 Å². The topological polar surface area (TPSA) is 12.0 Å². The summed E-state index contributed by atoms with van der Waals surface area (Å²) >= 11 is 0. The molecule has 0 saturated heterocycles. The van der Waals surface area contributed by atoms with Crippen LogP contribution < -0.4 is 5.32 Å². The Morgan fingerprint density at radius 1 is 1.30 bits per heavy atom. The highest BCUT2D eigenvalue weighted by molar-refractivity contribution is 5.32. The fourth-order valence-corrected chi connectivity index (χ4v) is 2.73. The van der Waals surface area contributed by atoms with E-state index in [1.807, 2.05) is 0 Å². The van der Waals surface area contributed by atoms with Gasteiger partial charge in [-0.3, -0.25) is 0 Å². The van der Waals surface area contributed by atoms with E-state index < -0.39 is 11.7 Å². The lowest BCUT2D eigenvalue weighted by atomic mass is 9.97. The van der Waals surface area contributed by atoms with Crippen LogP contribution in [0.5, 0.6) is 0 Å². The van der Waals surface area contributed by atoms with Crippen molar-refractivity contribution in [2.75, 3.05) is 6.54 Å². The second kappa shape index (κ2) is 6.17. The first kappa shape index (κ1) is 15.4. The average molecular weight is 285 g/mol. The molecule has 1 unspecified atom stereocenters. The van der Waals surface area contributed by atoms with Crippen LogP contribution in [-0.4, -0.2) is 12.6 Å². The van der Waals surface area contributed by atoms with Gasteiger partial charge in [-0.25, -0.2) is 0 Å². The average Bonchev–Trinajstić information content (AvgIpc) is 3.18. The molecule has 1 N–H and O–H groups in total. The molecule has 0 spiro atoms. The molecule has 112 valence electrons. The molecule has 1 aromatic carbocycles. The van der Waals surface area contributed by atoms with Crippen LogP contribution in [0.3, 0.4) is 0 Å². The standard InChI is InChI=1S/C16H22F3N/c1-3-20-15(13-4-5-13)9-7-12-6-8-14(10-11(12)2)16(17,18)19/h6,8,10,13,15,20H,3-5,7,9H2,1-2H3. The largest absolute Gasteiger partial charge is 0.416 e. The zero-order valence-electron chi connectivity index (χ0n) is 12.1. The Morgan fingerprint density at radius 3 is 2.50 bits per heavy atom. The van der Waals surface area contributed by atoms with Gasteiger partial charge in [0.25, 0.3) is 0 Å². The minimum atomic E-state index is -4.25. The third kappa shape index (κ3) is 3.98. The third-order valence-corrected chi connectivity index (χ3v) is 4.05. The van der Waals surface area contributed by atoms with Gasteiger partial charge < -0.3 is 5.32 Å². The molecule has 1 aliphatic carbocycles. The lowest BCUT2D eigenvalue weighted by molar-refractivity contribution is -0.137. The Hall–Kier alpha value is -1.03. The predicted octanol–water partition coefficient (Wildman–Crippen LogP) is 4.33. The highest BCUT2D eigenvalue weighted by Crippen LogP contribution is 2.35. The highest BCUT2D eigenvalue weighted by Gasteiger charge is 2.31. The summed E-state index contributed by atoms with van der Waals surface area (Å²) < 4.78 is 37.9. The van der Waals surface area contributed by atoms with Crippen molar-refractivity contribution in [2.24, 2.45) is 5.92 Å². The molecular formula is C16H22F3N. The van der Waals surface area contributed by atoms with Gasteiger partial charge >= 0.3 is 6.18 Å². The highest BCUT2D eigenvalue weighted by atomic mass is 19.4. The van der Waals surface area contributed by atoms with E-state index in [0.29, 0.717) is 6.04 Å². The number of alkyl halides is 3. The summed E-state index contributed by atoms with van der Waals surface area (Å²) in [6.07, 6.45) is 0.166. The molecule has 0 amide bonds. The molecule has 1 atom stereocenters. The number of rotatable bonds is 6. The van der Waals surface area contributed by atoms with Gasteiger partial charge in [-0.1, -0.05) is 13.0 Å². The normalized spacial score (nSPS) is 17.2.